The van der Waals surface area contributed by atoms with Crippen LogP contribution in [0.5, 0.6) is 0 Å². The van der Waals surface area contributed by atoms with E-state index in [1.54, 1.807) is 6.42 Å². The lowest BCUT2D eigenvalue weighted by atomic mass is 9.84. The van der Waals surface area contributed by atoms with Gasteiger partial charge in [0.2, 0.25) is 0 Å². The molecule has 8 unspecified atom stereocenters. The molecule has 0 nitrogen and oxygen atoms in total. The summed E-state index contributed by atoms with van der Waals surface area (Å²) in [4.78, 5) is 0. The van der Waals surface area contributed by atoms with Gasteiger partial charge in [-0.15, -0.1) is 47.0 Å². The molecule has 4 aliphatic heterocycles. The SMILES string of the molecule is CC12SC3SC4SC(C)(S1)C1C4CC3C12. The molecule has 1 aliphatic carbocycles. The maximum atomic E-state index is 2.55. The topological polar surface area (TPSA) is 0 Å². The van der Waals surface area contributed by atoms with Crippen LogP contribution >= 0.6 is 47.0 Å². The minimum Gasteiger partial charge on any atom is -0.133 e. The van der Waals surface area contributed by atoms with Crippen molar-refractivity contribution in [3.63, 3.8) is 0 Å². The molecule has 4 heterocycles. The molecule has 4 saturated heterocycles. The largest absolute Gasteiger partial charge is 0.133 e. The molecular formula is C11H14S4. The maximum Gasteiger partial charge on any atom is 0.0643 e. The van der Waals surface area contributed by atoms with Gasteiger partial charge >= 0.3 is 0 Å². The molecule has 5 aliphatic rings. The zero-order valence-electron chi connectivity index (χ0n) is 8.80. The molecule has 15 heavy (non-hydrogen) atoms. The zero-order chi connectivity index (χ0) is 10.00. The van der Waals surface area contributed by atoms with Crippen LogP contribution < -0.4 is 0 Å². The molecule has 0 radical (unpaired) electrons. The molecule has 8 atom stereocenters. The van der Waals surface area contributed by atoms with Crippen LogP contribution in [0.2, 0.25) is 0 Å². The lowest BCUT2D eigenvalue weighted by Crippen LogP contribution is -2.25. The van der Waals surface area contributed by atoms with Gasteiger partial charge in [0.05, 0.1) is 17.3 Å². The van der Waals surface area contributed by atoms with Crippen LogP contribution in [0, 0.1) is 23.7 Å². The van der Waals surface area contributed by atoms with Crippen molar-refractivity contribution in [3.8, 4) is 0 Å². The molecular weight excluding hydrogens is 260 g/mol. The van der Waals surface area contributed by atoms with Gasteiger partial charge in [0, 0.05) is 0 Å². The summed E-state index contributed by atoms with van der Waals surface area (Å²) in [6, 6.07) is 0. The van der Waals surface area contributed by atoms with Crippen molar-refractivity contribution in [2.45, 2.75) is 37.6 Å². The third-order valence-corrected chi connectivity index (χ3v) is 12.7. The van der Waals surface area contributed by atoms with Crippen molar-refractivity contribution in [2.75, 3.05) is 0 Å². The fourth-order valence-corrected chi connectivity index (χ4v) is 15.8. The van der Waals surface area contributed by atoms with Crippen LogP contribution in [-0.4, -0.2) is 17.3 Å². The Morgan fingerprint density at radius 1 is 0.933 bits per heavy atom. The van der Waals surface area contributed by atoms with Gasteiger partial charge in [0.15, 0.2) is 0 Å². The smallest absolute Gasteiger partial charge is 0.0643 e. The van der Waals surface area contributed by atoms with E-state index in [1.807, 2.05) is 0 Å². The van der Waals surface area contributed by atoms with Crippen molar-refractivity contribution < 1.29 is 0 Å². The van der Waals surface area contributed by atoms with Crippen molar-refractivity contribution in [1.29, 1.82) is 0 Å². The predicted molar refractivity (Wildman–Crippen MR) is 73.3 cm³/mol. The Labute approximate surface area is 108 Å². The highest BCUT2D eigenvalue weighted by molar-refractivity contribution is 8.35. The summed E-state index contributed by atoms with van der Waals surface area (Å²) in [5, 5.41) is 0. The van der Waals surface area contributed by atoms with Gasteiger partial charge in [-0.05, 0) is 43.9 Å². The lowest BCUT2D eigenvalue weighted by Gasteiger charge is -2.33. The van der Waals surface area contributed by atoms with Crippen LogP contribution in [0.15, 0.2) is 0 Å². The fraction of sp³-hybridized carbons (Fsp3) is 1.00. The van der Waals surface area contributed by atoms with Gasteiger partial charge in [0.25, 0.3) is 0 Å². The molecule has 82 valence electrons. The quantitative estimate of drug-likeness (QED) is 0.656. The van der Waals surface area contributed by atoms with E-state index in [0.717, 1.165) is 32.8 Å². The molecule has 0 aromatic rings. The summed E-state index contributed by atoms with van der Waals surface area (Å²) >= 11 is 9.33. The molecule has 1 saturated carbocycles. The molecule has 2 bridgehead atoms. The van der Waals surface area contributed by atoms with Crippen LogP contribution in [0.4, 0.5) is 0 Å². The first-order valence-corrected chi connectivity index (χ1v) is 9.34. The van der Waals surface area contributed by atoms with E-state index in [9.17, 15) is 0 Å². The molecule has 0 amide bonds. The number of hydrogen-bond donors (Lipinski definition) is 0. The van der Waals surface area contributed by atoms with Crippen LogP contribution in [0.25, 0.3) is 0 Å². The molecule has 0 aromatic carbocycles. The van der Waals surface area contributed by atoms with Crippen LogP contribution in [0.1, 0.15) is 20.3 Å². The van der Waals surface area contributed by atoms with E-state index in [0.29, 0.717) is 8.16 Å². The molecule has 0 spiro atoms. The summed E-state index contributed by atoms with van der Waals surface area (Å²) in [5.41, 5.74) is 0. The third kappa shape index (κ3) is 0.839. The van der Waals surface area contributed by atoms with Crippen LogP contribution in [-0.2, 0) is 0 Å². The second-order valence-corrected chi connectivity index (χ2v) is 13.3. The van der Waals surface area contributed by atoms with Gasteiger partial charge < -0.3 is 0 Å². The Balaban J connectivity index is 1.80. The number of rotatable bonds is 0. The van der Waals surface area contributed by atoms with Gasteiger partial charge in [0.1, 0.15) is 0 Å². The highest BCUT2D eigenvalue weighted by Crippen LogP contribution is 2.86. The van der Waals surface area contributed by atoms with Gasteiger partial charge in [-0.2, -0.15) is 0 Å². The standard InChI is InChI=1S/C11H14S4/c1-10-6-4-3-5-7(6)11(2,15-10)14-9(5)12-8(4)13-10/h4-9H,3H2,1-2H3. The Bertz CT molecular complexity index is 340. The molecule has 5 rings (SSSR count). The summed E-state index contributed by atoms with van der Waals surface area (Å²) in [7, 11) is 0. The van der Waals surface area contributed by atoms with Crippen molar-refractivity contribution in [2.24, 2.45) is 23.7 Å². The zero-order valence-corrected chi connectivity index (χ0v) is 12.1. The second kappa shape index (κ2) is 2.41. The molecule has 0 aromatic heterocycles. The first-order chi connectivity index (χ1) is 7.11. The van der Waals surface area contributed by atoms with Gasteiger partial charge in [-0.1, -0.05) is 0 Å². The van der Waals surface area contributed by atoms with Crippen molar-refractivity contribution >= 4 is 47.0 Å². The highest BCUT2D eigenvalue weighted by Gasteiger charge is 2.77. The molecule has 4 heteroatoms. The molecule has 5 fully saturated rings. The van der Waals surface area contributed by atoms with E-state index in [1.165, 1.54) is 0 Å². The van der Waals surface area contributed by atoms with Crippen molar-refractivity contribution in [3.05, 3.63) is 0 Å². The van der Waals surface area contributed by atoms with Crippen LogP contribution in [0.3, 0.4) is 0 Å². The fourth-order valence-electron chi connectivity index (χ4n) is 4.90. The monoisotopic (exact) mass is 274 g/mol. The van der Waals surface area contributed by atoms with E-state index >= 15 is 0 Å². The summed E-state index contributed by atoms with van der Waals surface area (Å²) in [6.45, 7) is 5.10. The van der Waals surface area contributed by atoms with E-state index in [2.05, 4.69) is 60.9 Å². The maximum absolute atomic E-state index is 2.55. The van der Waals surface area contributed by atoms with E-state index in [4.69, 9.17) is 0 Å². The van der Waals surface area contributed by atoms with Gasteiger partial charge in [-0.25, -0.2) is 0 Å². The minimum absolute atomic E-state index is 0.578. The van der Waals surface area contributed by atoms with E-state index < -0.39 is 0 Å². The number of thioether (sulfide) groups is 4. The first kappa shape index (κ1) is 9.35. The summed E-state index contributed by atoms with van der Waals surface area (Å²) in [5.74, 6) is 4.26. The average Bonchev–Trinajstić information content (AvgIpc) is 2.70. The Morgan fingerprint density at radius 2 is 1.47 bits per heavy atom. The number of hydrogen-bond acceptors (Lipinski definition) is 4. The normalized spacial score (nSPS) is 77.2. The van der Waals surface area contributed by atoms with Gasteiger partial charge in [-0.3, -0.25) is 0 Å². The lowest BCUT2D eigenvalue weighted by molar-refractivity contribution is 0.322. The average molecular weight is 275 g/mol. The summed E-state index contributed by atoms with van der Waals surface area (Å²) in [6.07, 6.45) is 1.57. The third-order valence-electron chi connectivity index (χ3n) is 5.14. The first-order valence-electron chi connectivity index (χ1n) is 5.82. The predicted octanol–water partition coefficient (Wildman–Crippen LogP) is 3.93. The Kier molecular flexibility index (Phi) is 1.50. The second-order valence-electron chi connectivity index (χ2n) is 5.86. The Hall–Kier alpha value is 1.40. The highest BCUT2D eigenvalue weighted by atomic mass is 32.3. The summed E-state index contributed by atoms with van der Waals surface area (Å²) < 4.78 is 3.07. The minimum atomic E-state index is 0.578. The Morgan fingerprint density at radius 3 is 2.00 bits per heavy atom. The molecule has 0 N–H and O–H groups in total. The van der Waals surface area contributed by atoms with E-state index in [-0.39, 0.29) is 0 Å². The van der Waals surface area contributed by atoms with Crippen molar-refractivity contribution in [1.82, 2.24) is 0 Å².